The van der Waals surface area contributed by atoms with Gasteiger partial charge in [-0.15, -0.1) is 0 Å². The Kier molecular flexibility index (Phi) is 9.76. The number of rotatable bonds is 8. The Morgan fingerprint density at radius 1 is 0.931 bits per heavy atom. The summed E-state index contributed by atoms with van der Waals surface area (Å²) in [5.41, 5.74) is 2.68. The molecule has 0 spiro atoms. The molecule has 2 fully saturated rings. The number of likely N-dealkylation sites (tertiary alicyclic amines) is 1. The van der Waals surface area contributed by atoms with Crippen LogP contribution >= 0.6 is 0 Å². The fourth-order valence-electron chi connectivity index (χ4n) is 4.06. The summed E-state index contributed by atoms with van der Waals surface area (Å²) in [4.78, 5) is 9.92. The van der Waals surface area contributed by atoms with E-state index in [-0.39, 0.29) is 0 Å². The predicted octanol–water partition coefficient (Wildman–Crippen LogP) is 2.45. The fraction of sp³-hybridized carbons (Fsp3) is 0.696. The molecular formula is C23H39N5O. The number of aliphatic imine (C=N–C) groups is 1. The zero-order chi connectivity index (χ0) is 20.2. The van der Waals surface area contributed by atoms with Crippen LogP contribution in [0.4, 0.5) is 0 Å². The van der Waals surface area contributed by atoms with Gasteiger partial charge in [0.1, 0.15) is 0 Å². The largest absolute Gasteiger partial charge is 0.379 e. The summed E-state index contributed by atoms with van der Waals surface area (Å²) in [7, 11) is 0. The van der Waals surface area contributed by atoms with Crippen LogP contribution in [0.15, 0.2) is 29.3 Å². The maximum atomic E-state index is 5.48. The first-order valence-electron chi connectivity index (χ1n) is 11.5. The molecule has 0 radical (unpaired) electrons. The molecule has 162 valence electrons. The van der Waals surface area contributed by atoms with Gasteiger partial charge in [-0.05, 0) is 44.0 Å². The lowest BCUT2D eigenvalue weighted by molar-refractivity contribution is 0.0341. The average molecular weight is 402 g/mol. The van der Waals surface area contributed by atoms with Crippen LogP contribution in [0.25, 0.3) is 0 Å². The van der Waals surface area contributed by atoms with Crippen LogP contribution in [-0.2, 0) is 17.8 Å². The van der Waals surface area contributed by atoms with Crippen LogP contribution in [0, 0.1) is 0 Å². The lowest BCUT2D eigenvalue weighted by Crippen LogP contribution is -2.41. The highest BCUT2D eigenvalue weighted by molar-refractivity contribution is 5.79. The third kappa shape index (κ3) is 7.96. The van der Waals surface area contributed by atoms with Gasteiger partial charge >= 0.3 is 0 Å². The maximum absolute atomic E-state index is 5.48. The molecule has 6 nitrogen and oxygen atoms in total. The smallest absolute Gasteiger partial charge is 0.191 e. The molecule has 0 aromatic heterocycles. The first kappa shape index (κ1) is 22.1. The quantitative estimate of drug-likeness (QED) is 0.518. The van der Waals surface area contributed by atoms with Crippen molar-refractivity contribution in [2.24, 2.45) is 4.99 Å². The van der Waals surface area contributed by atoms with E-state index in [2.05, 4.69) is 51.6 Å². The van der Waals surface area contributed by atoms with E-state index in [1.807, 2.05) is 0 Å². The highest BCUT2D eigenvalue weighted by Crippen LogP contribution is 2.14. The average Bonchev–Trinajstić information content (AvgIpc) is 3.02. The summed E-state index contributed by atoms with van der Waals surface area (Å²) in [5, 5.41) is 6.93. The lowest BCUT2D eigenvalue weighted by Gasteiger charge is -2.27. The van der Waals surface area contributed by atoms with Crippen molar-refractivity contribution < 1.29 is 4.74 Å². The van der Waals surface area contributed by atoms with Crippen molar-refractivity contribution >= 4 is 5.96 Å². The minimum atomic E-state index is 0.708. The van der Waals surface area contributed by atoms with E-state index < -0.39 is 0 Å². The topological polar surface area (TPSA) is 52.1 Å². The van der Waals surface area contributed by atoms with Crippen molar-refractivity contribution in [1.82, 2.24) is 20.4 Å². The molecule has 2 N–H and O–H groups in total. The zero-order valence-electron chi connectivity index (χ0n) is 18.2. The van der Waals surface area contributed by atoms with Crippen LogP contribution in [0.3, 0.4) is 0 Å². The van der Waals surface area contributed by atoms with Gasteiger partial charge in [0, 0.05) is 39.3 Å². The molecule has 0 amide bonds. The zero-order valence-corrected chi connectivity index (χ0v) is 18.2. The van der Waals surface area contributed by atoms with Crippen LogP contribution in [0.5, 0.6) is 0 Å². The fourth-order valence-corrected chi connectivity index (χ4v) is 4.06. The van der Waals surface area contributed by atoms with E-state index in [1.165, 1.54) is 49.9 Å². The molecule has 2 aliphatic rings. The van der Waals surface area contributed by atoms with Crippen molar-refractivity contribution in [3.05, 3.63) is 35.4 Å². The number of morpholine rings is 1. The number of hydrogen-bond acceptors (Lipinski definition) is 4. The summed E-state index contributed by atoms with van der Waals surface area (Å²) in [6, 6.07) is 8.70. The van der Waals surface area contributed by atoms with Crippen molar-refractivity contribution in [3.63, 3.8) is 0 Å². The van der Waals surface area contributed by atoms with Crippen LogP contribution in [0.1, 0.15) is 43.7 Å². The molecule has 1 aromatic carbocycles. The van der Waals surface area contributed by atoms with Crippen LogP contribution < -0.4 is 10.6 Å². The van der Waals surface area contributed by atoms with E-state index >= 15 is 0 Å². The minimum absolute atomic E-state index is 0.708. The second kappa shape index (κ2) is 12.8. The summed E-state index contributed by atoms with van der Waals surface area (Å²) < 4.78 is 5.48. The third-order valence-corrected chi connectivity index (χ3v) is 5.79. The van der Waals surface area contributed by atoms with Gasteiger partial charge in [0.2, 0.25) is 0 Å². The van der Waals surface area contributed by atoms with Gasteiger partial charge in [-0.1, -0.05) is 37.1 Å². The predicted molar refractivity (Wildman–Crippen MR) is 120 cm³/mol. The molecule has 0 aliphatic carbocycles. The van der Waals surface area contributed by atoms with E-state index in [0.29, 0.717) is 6.54 Å². The standard InChI is InChI=1S/C23H39N5O/c1-2-24-23(25-11-14-27-12-7-3-4-8-13-27)26-19-21-9-5-6-10-22(21)20-28-15-17-29-18-16-28/h5-6,9-10H,2-4,7-8,11-20H2,1H3,(H2,24,25,26). The van der Waals surface area contributed by atoms with Crippen molar-refractivity contribution in [2.45, 2.75) is 45.7 Å². The molecule has 0 bridgehead atoms. The van der Waals surface area contributed by atoms with E-state index in [0.717, 1.165) is 58.4 Å². The number of nitrogens with zero attached hydrogens (tertiary/aromatic N) is 3. The first-order valence-corrected chi connectivity index (χ1v) is 11.5. The van der Waals surface area contributed by atoms with Crippen molar-refractivity contribution in [1.29, 1.82) is 0 Å². The number of hydrogen-bond donors (Lipinski definition) is 2. The Morgan fingerprint density at radius 2 is 1.66 bits per heavy atom. The van der Waals surface area contributed by atoms with Gasteiger partial charge in [0.15, 0.2) is 5.96 Å². The Bertz CT molecular complexity index is 607. The van der Waals surface area contributed by atoms with Crippen molar-refractivity contribution in [2.75, 3.05) is 59.0 Å². The molecule has 0 saturated carbocycles. The number of ether oxygens (including phenoxy) is 1. The molecule has 29 heavy (non-hydrogen) atoms. The van der Waals surface area contributed by atoms with Gasteiger partial charge in [-0.2, -0.15) is 0 Å². The van der Waals surface area contributed by atoms with Gasteiger partial charge in [-0.25, -0.2) is 4.99 Å². The summed E-state index contributed by atoms with van der Waals surface area (Å²) in [6.45, 7) is 12.9. The normalized spacial score (nSPS) is 19.7. The number of guanidine groups is 1. The molecule has 3 rings (SSSR count). The first-order chi connectivity index (χ1) is 14.3. The lowest BCUT2D eigenvalue weighted by atomic mass is 10.1. The Balaban J connectivity index is 1.52. The SMILES string of the molecule is CCNC(=NCc1ccccc1CN1CCOCC1)NCCN1CCCCCC1. The molecule has 2 aliphatic heterocycles. The van der Waals surface area contributed by atoms with E-state index in [4.69, 9.17) is 9.73 Å². The molecule has 6 heteroatoms. The minimum Gasteiger partial charge on any atom is -0.379 e. The number of benzene rings is 1. The molecular weight excluding hydrogens is 362 g/mol. The third-order valence-electron chi connectivity index (χ3n) is 5.79. The molecule has 2 heterocycles. The molecule has 1 aromatic rings. The Hall–Kier alpha value is -1.63. The van der Waals surface area contributed by atoms with Gasteiger partial charge in [0.25, 0.3) is 0 Å². The monoisotopic (exact) mass is 401 g/mol. The van der Waals surface area contributed by atoms with Gasteiger partial charge < -0.3 is 20.3 Å². The Labute approximate surface area is 176 Å². The van der Waals surface area contributed by atoms with E-state index in [1.54, 1.807) is 0 Å². The second-order valence-corrected chi connectivity index (χ2v) is 8.04. The summed E-state index contributed by atoms with van der Waals surface area (Å²) >= 11 is 0. The molecule has 0 atom stereocenters. The van der Waals surface area contributed by atoms with Crippen LogP contribution in [-0.4, -0.2) is 74.8 Å². The summed E-state index contributed by atoms with van der Waals surface area (Å²) in [5.74, 6) is 0.920. The second-order valence-electron chi connectivity index (χ2n) is 8.04. The van der Waals surface area contributed by atoms with Gasteiger partial charge in [0.05, 0.1) is 19.8 Å². The van der Waals surface area contributed by atoms with Gasteiger partial charge in [-0.3, -0.25) is 4.90 Å². The highest BCUT2D eigenvalue weighted by atomic mass is 16.5. The molecule has 0 unspecified atom stereocenters. The Morgan fingerprint density at radius 3 is 2.38 bits per heavy atom. The highest BCUT2D eigenvalue weighted by Gasteiger charge is 2.13. The molecule has 2 saturated heterocycles. The van der Waals surface area contributed by atoms with E-state index in [9.17, 15) is 0 Å². The number of nitrogens with one attached hydrogen (secondary N) is 2. The summed E-state index contributed by atoms with van der Waals surface area (Å²) in [6.07, 6.45) is 5.46. The van der Waals surface area contributed by atoms with Crippen LogP contribution in [0.2, 0.25) is 0 Å². The maximum Gasteiger partial charge on any atom is 0.191 e. The van der Waals surface area contributed by atoms with Crippen molar-refractivity contribution in [3.8, 4) is 0 Å².